The number of sulfonamides is 1. The van der Waals surface area contributed by atoms with Crippen LogP contribution in [0.15, 0.2) is 48.5 Å². The molecule has 1 aliphatic heterocycles. The fourth-order valence-corrected chi connectivity index (χ4v) is 5.08. The van der Waals surface area contributed by atoms with Crippen molar-refractivity contribution in [2.75, 3.05) is 10.6 Å². The van der Waals surface area contributed by atoms with Crippen LogP contribution in [0.5, 0.6) is 5.75 Å². The first kappa shape index (κ1) is 22.1. The average Bonchev–Trinajstić information content (AvgIpc) is 2.65. The van der Waals surface area contributed by atoms with E-state index in [4.69, 9.17) is 4.74 Å². The van der Waals surface area contributed by atoms with Gasteiger partial charge >= 0.3 is 0 Å². The number of nitrogens with zero attached hydrogens (tertiary/aromatic N) is 1. The van der Waals surface area contributed by atoms with E-state index in [0.29, 0.717) is 12.2 Å². The van der Waals surface area contributed by atoms with Crippen LogP contribution in [-0.4, -0.2) is 32.2 Å². The zero-order chi connectivity index (χ0) is 22.1. The van der Waals surface area contributed by atoms with E-state index in [2.05, 4.69) is 5.32 Å². The molecule has 2 atom stereocenters. The number of anilines is 1. The standard InChI is InChI=1S/C22H27FN2O4S/c1-5-18(25(30(4,27)28)19-12-8-7-11-16(19)23)21(26)24-17-14-22(2,3)29-20-13-9-6-10-15(17)20/h6-13,17-18H,5,14H2,1-4H3,(H,24,26)/t17-,18-/m1/s1. The van der Waals surface area contributed by atoms with Crippen molar-refractivity contribution in [1.82, 2.24) is 5.32 Å². The fourth-order valence-electron chi connectivity index (χ4n) is 3.86. The van der Waals surface area contributed by atoms with Crippen LogP contribution in [0.4, 0.5) is 10.1 Å². The van der Waals surface area contributed by atoms with Crippen LogP contribution in [0.1, 0.15) is 45.2 Å². The fraction of sp³-hybridized carbons (Fsp3) is 0.409. The maximum atomic E-state index is 14.4. The highest BCUT2D eigenvalue weighted by Crippen LogP contribution is 2.39. The number of hydrogen-bond donors (Lipinski definition) is 1. The lowest BCUT2D eigenvalue weighted by molar-refractivity contribution is -0.123. The molecule has 162 valence electrons. The number of halogens is 1. The van der Waals surface area contributed by atoms with Gasteiger partial charge in [-0.1, -0.05) is 37.3 Å². The summed E-state index contributed by atoms with van der Waals surface area (Å²) in [4.78, 5) is 13.3. The highest BCUT2D eigenvalue weighted by atomic mass is 32.2. The Morgan fingerprint density at radius 2 is 1.87 bits per heavy atom. The van der Waals surface area contributed by atoms with Gasteiger partial charge in [-0.05, 0) is 38.5 Å². The predicted octanol–water partition coefficient (Wildman–Crippen LogP) is 3.79. The number of ether oxygens (including phenoxy) is 1. The molecule has 2 aromatic carbocycles. The van der Waals surface area contributed by atoms with Crippen molar-refractivity contribution in [3.05, 3.63) is 59.9 Å². The third kappa shape index (κ3) is 4.59. The minimum atomic E-state index is -3.91. The molecule has 0 saturated carbocycles. The summed E-state index contributed by atoms with van der Waals surface area (Å²) in [5, 5.41) is 2.98. The number of hydrogen-bond acceptors (Lipinski definition) is 4. The number of nitrogens with one attached hydrogen (secondary N) is 1. The third-order valence-corrected chi connectivity index (χ3v) is 6.28. The van der Waals surface area contributed by atoms with Gasteiger partial charge in [-0.25, -0.2) is 12.8 Å². The number of rotatable bonds is 6. The molecule has 1 N–H and O–H groups in total. The van der Waals surface area contributed by atoms with Crippen molar-refractivity contribution >= 4 is 21.6 Å². The highest BCUT2D eigenvalue weighted by Gasteiger charge is 2.38. The Hall–Kier alpha value is -2.61. The number of carbonyl (C=O) groups is 1. The van der Waals surface area contributed by atoms with Gasteiger partial charge in [0.2, 0.25) is 15.9 Å². The van der Waals surface area contributed by atoms with E-state index in [1.807, 2.05) is 38.1 Å². The van der Waals surface area contributed by atoms with E-state index in [-0.39, 0.29) is 18.2 Å². The van der Waals surface area contributed by atoms with Gasteiger partial charge in [0.25, 0.3) is 0 Å². The second-order valence-electron chi connectivity index (χ2n) is 8.10. The molecule has 0 fully saturated rings. The van der Waals surface area contributed by atoms with Crippen LogP contribution < -0.4 is 14.4 Å². The van der Waals surface area contributed by atoms with Gasteiger partial charge in [-0.15, -0.1) is 0 Å². The van der Waals surface area contributed by atoms with Crippen LogP contribution in [0.3, 0.4) is 0 Å². The van der Waals surface area contributed by atoms with Gasteiger partial charge in [0, 0.05) is 12.0 Å². The topological polar surface area (TPSA) is 75.7 Å². The molecule has 0 unspecified atom stereocenters. The lowest BCUT2D eigenvalue weighted by Crippen LogP contribution is -2.51. The van der Waals surface area contributed by atoms with Gasteiger partial charge in [0.15, 0.2) is 0 Å². The first-order chi connectivity index (χ1) is 14.0. The Labute approximate surface area is 177 Å². The molecule has 3 rings (SSSR count). The Balaban J connectivity index is 1.95. The van der Waals surface area contributed by atoms with Crippen molar-refractivity contribution in [3.8, 4) is 5.75 Å². The Morgan fingerprint density at radius 1 is 1.23 bits per heavy atom. The van der Waals surface area contributed by atoms with Crippen molar-refractivity contribution in [1.29, 1.82) is 0 Å². The highest BCUT2D eigenvalue weighted by molar-refractivity contribution is 7.92. The van der Waals surface area contributed by atoms with Gasteiger partial charge in [0.1, 0.15) is 23.2 Å². The summed E-state index contributed by atoms with van der Waals surface area (Å²) < 4.78 is 46.4. The molecule has 0 spiro atoms. The number of carbonyl (C=O) groups excluding carboxylic acids is 1. The van der Waals surface area contributed by atoms with Crippen LogP contribution >= 0.6 is 0 Å². The molecule has 1 heterocycles. The molecule has 0 saturated heterocycles. The largest absolute Gasteiger partial charge is 0.487 e. The summed E-state index contributed by atoms with van der Waals surface area (Å²) in [7, 11) is -3.91. The summed E-state index contributed by atoms with van der Waals surface area (Å²) in [6.45, 7) is 5.56. The second kappa shape index (κ2) is 8.26. The molecule has 30 heavy (non-hydrogen) atoms. The van der Waals surface area contributed by atoms with Crippen LogP contribution in [0.2, 0.25) is 0 Å². The zero-order valence-corrected chi connectivity index (χ0v) is 18.4. The molecule has 1 amide bonds. The smallest absolute Gasteiger partial charge is 0.244 e. The number of fused-ring (bicyclic) bond motifs is 1. The molecule has 8 heteroatoms. The number of benzene rings is 2. The predicted molar refractivity (Wildman–Crippen MR) is 114 cm³/mol. The third-order valence-electron chi connectivity index (χ3n) is 5.11. The summed E-state index contributed by atoms with van der Waals surface area (Å²) in [5.74, 6) is -0.503. The number of amides is 1. The number of para-hydroxylation sites is 2. The maximum absolute atomic E-state index is 14.4. The Morgan fingerprint density at radius 3 is 2.50 bits per heavy atom. The van der Waals surface area contributed by atoms with E-state index in [1.54, 1.807) is 13.0 Å². The van der Waals surface area contributed by atoms with Gasteiger partial charge < -0.3 is 10.1 Å². The van der Waals surface area contributed by atoms with Gasteiger partial charge in [-0.3, -0.25) is 9.10 Å². The quantitative estimate of drug-likeness (QED) is 0.751. The molecular weight excluding hydrogens is 407 g/mol. The normalized spacial score (nSPS) is 18.6. The van der Waals surface area contributed by atoms with Crippen molar-refractivity contribution < 1.29 is 22.3 Å². The monoisotopic (exact) mass is 434 g/mol. The lowest BCUT2D eigenvalue weighted by Gasteiger charge is -2.39. The summed E-state index contributed by atoms with van der Waals surface area (Å²) in [6.07, 6.45) is 1.68. The maximum Gasteiger partial charge on any atom is 0.244 e. The summed E-state index contributed by atoms with van der Waals surface area (Å²) >= 11 is 0. The minimum Gasteiger partial charge on any atom is -0.487 e. The van der Waals surface area contributed by atoms with E-state index in [1.165, 1.54) is 18.2 Å². The molecule has 0 bridgehead atoms. The van der Waals surface area contributed by atoms with Gasteiger partial charge in [-0.2, -0.15) is 0 Å². The lowest BCUT2D eigenvalue weighted by atomic mass is 9.89. The Kier molecular flexibility index (Phi) is 6.08. The molecule has 0 aromatic heterocycles. The molecule has 0 radical (unpaired) electrons. The van der Waals surface area contributed by atoms with Crippen LogP contribution in [0.25, 0.3) is 0 Å². The average molecular weight is 435 g/mol. The van der Waals surface area contributed by atoms with E-state index in [9.17, 15) is 17.6 Å². The van der Waals surface area contributed by atoms with E-state index >= 15 is 0 Å². The second-order valence-corrected chi connectivity index (χ2v) is 9.96. The molecule has 6 nitrogen and oxygen atoms in total. The first-order valence-corrected chi connectivity index (χ1v) is 11.7. The van der Waals surface area contributed by atoms with Crippen LogP contribution in [-0.2, 0) is 14.8 Å². The van der Waals surface area contributed by atoms with Crippen molar-refractivity contribution in [2.24, 2.45) is 0 Å². The molecular formula is C22H27FN2O4S. The van der Waals surface area contributed by atoms with E-state index < -0.39 is 33.4 Å². The molecule has 0 aliphatic carbocycles. The minimum absolute atomic E-state index is 0.144. The van der Waals surface area contributed by atoms with Crippen LogP contribution in [0, 0.1) is 5.82 Å². The summed E-state index contributed by atoms with van der Waals surface area (Å²) in [6, 6.07) is 11.5. The first-order valence-electron chi connectivity index (χ1n) is 9.86. The zero-order valence-electron chi connectivity index (χ0n) is 17.6. The van der Waals surface area contributed by atoms with E-state index in [0.717, 1.165) is 16.1 Å². The Bertz CT molecular complexity index is 1040. The SMILES string of the molecule is CC[C@H](C(=O)N[C@@H]1CC(C)(C)Oc2ccccc21)N(c1ccccc1F)S(C)(=O)=O. The molecule has 2 aromatic rings. The van der Waals surface area contributed by atoms with Gasteiger partial charge in [0.05, 0.1) is 18.0 Å². The molecule has 1 aliphatic rings. The van der Waals surface area contributed by atoms with Crippen molar-refractivity contribution in [3.63, 3.8) is 0 Å². The summed E-state index contributed by atoms with van der Waals surface area (Å²) in [5.41, 5.74) is 0.183. The van der Waals surface area contributed by atoms with Crippen molar-refractivity contribution in [2.45, 2.75) is 51.3 Å².